The van der Waals surface area contributed by atoms with Gasteiger partial charge in [0.05, 0.1) is 17.0 Å². The molecule has 0 aliphatic heterocycles. The van der Waals surface area contributed by atoms with E-state index in [1.807, 2.05) is 24.3 Å². The Morgan fingerprint density at radius 1 is 1.24 bits per heavy atom. The number of carbonyl (C=O) groups is 1. The van der Waals surface area contributed by atoms with E-state index in [4.69, 9.17) is 15.7 Å². The summed E-state index contributed by atoms with van der Waals surface area (Å²) in [5.41, 5.74) is 0.790. The van der Waals surface area contributed by atoms with Crippen LogP contribution in [-0.2, 0) is 21.4 Å². The van der Waals surface area contributed by atoms with E-state index in [1.54, 1.807) is 0 Å². The second-order valence-corrected chi connectivity index (χ2v) is 8.34. The van der Waals surface area contributed by atoms with Gasteiger partial charge in [-0.15, -0.1) is 6.42 Å². The smallest absolute Gasteiger partial charge is 0.338 e. The van der Waals surface area contributed by atoms with Crippen molar-refractivity contribution in [3.63, 3.8) is 0 Å². The molecular formula is C19H14BrN3O5S. The van der Waals surface area contributed by atoms with Crippen molar-refractivity contribution in [1.29, 1.82) is 0 Å². The van der Waals surface area contributed by atoms with E-state index < -0.39 is 16.0 Å². The lowest BCUT2D eigenvalue weighted by Gasteiger charge is -2.06. The highest BCUT2D eigenvalue weighted by atomic mass is 79.9. The van der Waals surface area contributed by atoms with E-state index in [0.29, 0.717) is 5.82 Å². The molecule has 0 fully saturated rings. The average molecular weight is 476 g/mol. The highest BCUT2D eigenvalue weighted by Gasteiger charge is 2.17. The van der Waals surface area contributed by atoms with E-state index >= 15 is 0 Å². The van der Waals surface area contributed by atoms with Crippen molar-refractivity contribution < 1.29 is 22.5 Å². The molecule has 1 heterocycles. The molecule has 0 aliphatic rings. The van der Waals surface area contributed by atoms with Crippen LogP contribution in [0.5, 0.6) is 0 Å². The average Bonchev–Trinajstić information content (AvgIpc) is 3.20. The van der Waals surface area contributed by atoms with Gasteiger partial charge in [0.2, 0.25) is 15.8 Å². The molecule has 0 atom stereocenters. The van der Waals surface area contributed by atoms with Crippen LogP contribution in [0.2, 0.25) is 0 Å². The zero-order chi connectivity index (χ0) is 20.9. The van der Waals surface area contributed by atoms with Crippen LogP contribution in [0.1, 0.15) is 16.2 Å². The number of nitrogens with one attached hydrogen (secondary N) is 1. The maximum Gasteiger partial charge on any atom is 0.338 e. The Bertz CT molecular complexity index is 1180. The number of esters is 1. The highest BCUT2D eigenvalue weighted by Crippen LogP contribution is 2.20. The molecule has 0 unspecified atom stereocenters. The summed E-state index contributed by atoms with van der Waals surface area (Å²) in [5, 5.41) is 3.85. The largest absolute Gasteiger partial charge is 0.452 e. The van der Waals surface area contributed by atoms with Gasteiger partial charge in [0.15, 0.2) is 6.61 Å². The number of terminal acetylenes is 1. The number of ether oxygens (including phenoxy) is 1. The molecule has 1 aromatic heterocycles. The fraction of sp³-hybridized carbons (Fsp3) is 0.105. The topological polar surface area (TPSA) is 111 Å². The summed E-state index contributed by atoms with van der Waals surface area (Å²) in [4.78, 5) is 16.3. The first-order valence-corrected chi connectivity index (χ1v) is 10.5. The summed E-state index contributed by atoms with van der Waals surface area (Å²) >= 11 is 3.36. The van der Waals surface area contributed by atoms with Crippen molar-refractivity contribution in [2.24, 2.45) is 0 Å². The van der Waals surface area contributed by atoms with Crippen molar-refractivity contribution in [1.82, 2.24) is 14.9 Å². The molecule has 8 nitrogen and oxygen atoms in total. The van der Waals surface area contributed by atoms with Crippen molar-refractivity contribution in [3.8, 4) is 23.7 Å². The third kappa shape index (κ3) is 5.29. The van der Waals surface area contributed by atoms with Crippen LogP contribution in [0.4, 0.5) is 0 Å². The van der Waals surface area contributed by atoms with Gasteiger partial charge in [0, 0.05) is 10.0 Å². The summed E-state index contributed by atoms with van der Waals surface area (Å²) in [6, 6.07) is 12.7. The lowest BCUT2D eigenvalue weighted by Crippen LogP contribution is -2.24. The Morgan fingerprint density at radius 2 is 2.03 bits per heavy atom. The fourth-order valence-electron chi connectivity index (χ4n) is 2.28. The molecule has 148 valence electrons. The number of sulfonamides is 1. The van der Waals surface area contributed by atoms with Crippen LogP contribution in [0.3, 0.4) is 0 Å². The van der Waals surface area contributed by atoms with E-state index in [-0.39, 0.29) is 29.5 Å². The molecule has 3 aromatic rings. The molecule has 0 bridgehead atoms. The van der Waals surface area contributed by atoms with Gasteiger partial charge in [-0.3, -0.25) is 0 Å². The van der Waals surface area contributed by atoms with Gasteiger partial charge in [-0.05, 0) is 30.3 Å². The molecule has 3 rings (SSSR count). The van der Waals surface area contributed by atoms with Crippen molar-refractivity contribution in [3.05, 3.63) is 64.5 Å². The Balaban J connectivity index is 1.67. The van der Waals surface area contributed by atoms with Gasteiger partial charge in [-0.2, -0.15) is 9.71 Å². The highest BCUT2D eigenvalue weighted by molar-refractivity contribution is 9.10. The molecule has 1 N–H and O–H groups in total. The number of hydrogen-bond donors (Lipinski definition) is 1. The fourth-order valence-corrected chi connectivity index (χ4v) is 3.66. The molecule has 29 heavy (non-hydrogen) atoms. The normalized spacial score (nSPS) is 11.0. The SMILES string of the molecule is C#CCNS(=O)(=O)c1cccc(C(=O)OCc2nc(-c3cccc(Br)c3)no2)c1. The zero-order valence-corrected chi connectivity index (χ0v) is 17.2. The first-order valence-electron chi connectivity index (χ1n) is 8.18. The third-order valence-electron chi connectivity index (χ3n) is 3.62. The lowest BCUT2D eigenvalue weighted by molar-refractivity contribution is 0.0429. The van der Waals surface area contributed by atoms with Gasteiger partial charge in [0.25, 0.3) is 5.89 Å². The monoisotopic (exact) mass is 475 g/mol. The summed E-state index contributed by atoms with van der Waals surface area (Å²) in [7, 11) is -3.82. The second kappa shape index (κ2) is 9.00. The van der Waals surface area contributed by atoms with Crippen LogP contribution in [0.15, 0.2) is 62.4 Å². The number of halogens is 1. The number of nitrogens with zero attached hydrogens (tertiary/aromatic N) is 2. The maximum atomic E-state index is 12.3. The molecule has 0 aliphatic carbocycles. The number of hydrogen-bond acceptors (Lipinski definition) is 7. The van der Waals surface area contributed by atoms with Crippen LogP contribution in [0.25, 0.3) is 11.4 Å². The standard InChI is InChI=1S/C19H14BrN3O5S/c1-2-9-21-29(25,26)16-8-4-6-14(11-16)19(24)27-12-17-22-18(23-28-17)13-5-3-7-15(20)10-13/h1,3-8,10-11,21H,9,12H2. The minimum Gasteiger partial charge on any atom is -0.452 e. The predicted octanol–water partition coefficient (Wildman–Crippen LogP) is 2.77. The molecule has 10 heteroatoms. The molecule has 0 saturated carbocycles. The summed E-state index contributed by atoms with van der Waals surface area (Å²) in [5.74, 6) is 1.90. The molecule has 0 saturated heterocycles. The van der Waals surface area contributed by atoms with Crippen LogP contribution in [0, 0.1) is 12.3 Å². The number of rotatable bonds is 7. The van der Waals surface area contributed by atoms with E-state index in [0.717, 1.165) is 10.0 Å². The van der Waals surface area contributed by atoms with Gasteiger partial charge in [0.1, 0.15) is 0 Å². The molecule has 0 amide bonds. The van der Waals surface area contributed by atoms with Crippen molar-refractivity contribution >= 4 is 31.9 Å². The van der Waals surface area contributed by atoms with Crippen LogP contribution in [-0.4, -0.2) is 31.1 Å². The van der Waals surface area contributed by atoms with Crippen molar-refractivity contribution in [2.75, 3.05) is 6.54 Å². The van der Waals surface area contributed by atoms with E-state index in [2.05, 4.69) is 36.7 Å². The molecular weight excluding hydrogens is 462 g/mol. The molecule has 0 radical (unpaired) electrons. The van der Waals surface area contributed by atoms with Gasteiger partial charge in [-0.25, -0.2) is 13.2 Å². The van der Waals surface area contributed by atoms with Gasteiger partial charge >= 0.3 is 5.97 Å². The summed E-state index contributed by atoms with van der Waals surface area (Å²) in [6.45, 7) is -0.416. The lowest BCUT2D eigenvalue weighted by atomic mass is 10.2. The van der Waals surface area contributed by atoms with Crippen molar-refractivity contribution in [2.45, 2.75) is 11.5 Å². The maximum absolute atomic E-state index is 12.3. The molecule has 2 aromatic carbocycles. The van der Waals surface area contributed by atoms with E-state index in [1.165, 1.54) is 24.3 Å². The minimum absolute atomic E-state index is 0.0558. The Morgan fingerprint density at radius 3 is 2.79 bits per heavy atom. The Labute approximate surface area is 175 Å². The minimum atomic E-state index is -3.82. The first-order chi connectivity index (χ1) is 13.9. The number of aromatic nitrogens is 2. The van der Waals surface area contributed by atoms with Crippen LogP contribution < -0.4 is 4.72 Å². The predicted molar refractivity (Wildman–Crippen MR) is 107 cm³/mol. The third-order valence-corrected chi connectivity index (χ3v) is 5.51. The Kier molecular flexibility index (Phi) is 6.43. The zero-order valence-electron chi connectivity index (χ0n) is 14.8. The summed E-state index contributed by atoms with van der Waals surface area (Å²) in [6.07, 6.45) is 5.06. The molecule has 0 spiro atoms. The quantitative estimate of drug-likeness (QED) is 0.412. The van der Waals surface area contributed by atoms with E-state index in [9.17, 15) is 13.2 Å². The number of carbonyl (C=O) groups excluding carboxylic acids is 1. The van der Waals surface area contributed by atoms with Crippen LogP contribution >= 0.6 is 15.9 Å². The Hall–Kier alpha value is -3.00. The summed E-state index contributed by atoms with van der Waals surface area (Å²) < 4.78 is 37.5. The second-order valence-electron chi connectivity index (χ2n) is 5.65. The first kappa shape index (κ1) is 20.7. The number of benzene rings is 2. The van der Waals surface area contributed by atoms with Gasteiger partial charge < -0.3 is 9.26 Å². The van der Waals surface area contributed by atoms with Gasteiger partial charge in [-0.1, -0.05) is 45.2 Å².